The zero-order chi connectivity index (χ0) is 12.3. The van der Waals surface area contributed by atoms with Gasteiger partial charge in [-0.2, -0.15) is 17.0 Å². The van der Waals surface area contributed by atoms with Gasteiger partial charge in [0.05, 0.1) is 0 Å². The summed E-state index contributed by atoms with van der Waals surface area (Å²) in [6.45, 7) is 5.57. The summed E-state index contributed by atoms with van der Waals surface area (Å²) in [4.78, 5) is 0. The first-order chi connectivity index (χ1) is 8.14. The molecule has 0 amide bonds. The number of nitrogens with zero attached hydrogens (tertiary/aromatic N) is 2. The molecule has 0 aromatic carbocycles. The molecule has 100 valence electrons. The van der Waals surface area contributed by atoms with Gasteiger partial charge < -0.3 is 5.32 Å². The largest absolute Gasteiger partial charge is 0.314 e. The fourth-order valence-corrected chi connectivity index (χ4v) is 3.89. The van der Waals surface area contributed by atoms with E-state index < -0.39 is 10.2 Å². The molecular formula is C11H23N3O2S. The Labute approximate surface area is 104 Å². The highest BCUT2D eigenvalue weighted by molar-refractivity contribution is 7.87. The molecule has 1 N–H and O–H groups in total. The second-order valence-corrected chi connectivity index (χ2v) is 6.82. The predicted molar refractivity (Wildman–Crippen MR) is 68.0 cm³/mol. The van der Waals surface area contributed by atoms with E-state index in [9.17, 15) is 8.42 Å². The standard InChI is InChI=1S/C11H23N3O2S/c1-2-7-13-9-10-14(17(13,15)16)8-3-6-12-11-4-5-11/h11-12H,2-10H2,1H3. The Morgan fingerprint density at radius 2 is 1.82 bits per heavy atom. The Bertz CT molecular complexity index is 341. The molecule has 0 radical (unpaired) electrons. The Morgan fingerprint density at radius 1 is 1.18 bits per heavy atom. The van der Waals surface area contributed by atoms with Gasteiger partial charge in [-0.15, -0.1) is 0 Å². The molecule has 0 unspecified atom stereocenters. The van der Waals surface area contributed by atoms with Crippen LogP contribution in [0.1, 0.15) is 32.6 Å². The van der Waals surface area contributed by atoms with E-state index in [1.54, 1.807) is 8.61 Å². The fraction of sp³-hybridized carbons (Fsp3) is 1.00. The van der Waals surface area contributed by atoms with Gasteiger partial charge in [-0.25, -0.2) is 0 Å². The molecule has 1 heterocycles. The molecule has 0 aromatic rings. The van der Waals surface area contributed by atoms with Crippen molar-refractivity contribution >= 4 is 10.2 Å². The molecule has 1 aliphatic heterocycles. The summed E-state index contributed by atoms with van der Waals surface area (Å²) in [5.74, 6) is 0. The molecule has 1 aliphatic carbocycles. The van der Waals surface area contributed by atoms with Crippen molar-refractivity contribution in [2.45, 2.75) is 38.6 Å². The second kappa shape index (κ2) is 5.65. The van der Waals surface area contributed by atoms with Gasteiger partial charge in [-0.3, -0.25) is 0 Å². The molecule has 0 atom stereocenters. The molecule has 2 rings (SSSR count). The zero-order valence-electron chi connectivity index (χ0n) is 10.6. The predicted octanol–water partition coefficient (Wildman–Crippen LogP) is 0.401. The summed E-state index contributed by atoms with van der Waals surface area (Å²) < 4.78 is 27.3. The first kappa shape index (κ1) is 13.3. The molecule has 0 spiro atoms. The highest BCUT2D eigenvalue weighted by atomic mass is 32.2. The van der Waals surface area contributed by atoms with Crippen LogP contribution in [-0.2, 0) is 10.2 Å². The number of hydrogen-bond donors (Lipinski definition) is 1. The van der Waals surface area contributed by atoms with Gasteiger partial charge in [0.15, 0.2) is 0 Å². The van der Waals surface area contributed by atoms with Crippen LogP contribution in [-0.4, -0.2) is 55.8 Å². The van der Waals surface area contributed by atoms with Gasteiger partial charge in [-0.05, 0) is 32.2 Å². The average Bonchev–Trinajstić information content (AvgIpc) is 3.05. The number of hydrogen-bond acceptors (Lipinski definition) is 3. The van der Waals surface area contributed by atoms with E-state index in [1.807, 2.05) is 6.92 Å². The Balaban J connectivity index is 1.72. The van der Waals surface area contributed by atoms with Crippen LogP contribution in [0.5, 0.6) is 0 Å². The van der Waals surface area contributed by atoms with Gasteiger partial charge in [0.2, 0.25) is 0 Å². The van der Waals surface area contributed by atoms with Crippen LogP contribution in [0.15, 0.2) is 0 Å². The summed E-state index contributed by atoms with van der Waals surface area (Å²) >= 11 is 0. The van der Waals surface area contributed by atoms with Crippen molar-refractivity contribution in [1.29, 1.82) is 0 Å². The number of nitrogens with one attached hydrogen (secondary N) is 1. The van der Waals surface area contributed by atoms with Gasteiger partial charge in [-0.1, -0.05) is 6.92 Å². The average molecular weight is 261 g/mol. The molecule has 2 aliphatic rings. The monoisotopic (exact) mass is 261 g/mol. The van der Waals surface area contributed by atoms with E-state index in [0.29, 0.717) is 32.2 Å². The van der Waals surface area contributed by atoms with E-state index in [0.717, 1.165) is 19.4 Å². The van der Waals surface area contributed by atoms with E-state index >= 15 is 0 Å². The quantitative estimate of drug-likeness (QED) is 0.675. The van der Waals surface area contributed by atoms with E-state index in [2.05, 4.69) is 5.32 Å². The van der Waals surface area contributed by atoms with E-state index in [-0.39, 0.29) is 0 Å². The molecule has 0 bridgehead atoms. The third kappa shape index (κ3) is 3.40. The van der Waals surface area contributed by atoms with Crippen molar-refractivity contribution in [3.63, 3.8) is 0 Å². The smallest absolute Gasteiger partial charge is 0.282 e. The third-order valence-electron chi connectivity index (χ3n) is 3.32. The summed E-state index contributed by atoms with van der Waals surface area (Å²) in [6.07, 6.45) is 4.37. The van der Waals surface area contributed by atoms with Crippen molar-refractivity contribution in [3.8, 4) is 0 Å². The van der Waals surface area contributed by atoms with Crippen LogP contribution < -0.4 is 5.32 Å². The van der Waals surface area contributed by atoms with Crippen molar-refractivity contribution in [1.82, 2.24) is 13.9 Å². The first-order valence-electron chi connectivity index (χ1n) is 6.63. The highest BCUT2D eigenvalue weighted by Gasteiger charge is 2.35. The Kier molecular flexibility index (Phi) is 4.41. The van der Waals surface area contributed by atoms with Gasteiger partial charge in [0.1, 0.15) is 0 Å². The van der Waals surface area contributed by atoms with Gasteiger partial charge in [0, 0.05) is 32.2 Å². The molecule has 5 nitrogen and oxygen atoms in total. The minimum atomic E-state index is -3.14. The third-order valence-corrected chi connectivity index (χ3v) is 5.35. The minimum absolute atomic E-state index is 0.652. The van der Waals surface area contributed by atoms with E-state index in [1.165, 1.54) is 12.8 Å². The van der Waals surface area contributed by atoms with Crippen LogP contribution in [0.2, 0.25) is 0 Å². The maximum Gasteiger partial charge on any atom is 0.282 e. The van der Waals surface area contributed by atoms with Crippen molar-refractivity contribution < 1.29 is 8.42 Å². The summed E-state index contributed by atoms with van der Waals surface area (Å²) in [5.41, 5.74) is 0. The van der Waals surface area contributed by atoms with Crippen LogP contribution in [0.4, 0.5) is 0 Å². The zero-order valence-corrected chi connectivity index (χ0v) is 11.4. The SMILES string of the molecule is CCCN1CCN(CCCNC2CC2)S1(=O)=O. The summed E-state index contributed by atoms with van der Waals surface area (Å²) in [5, 5.41) is 3.41. The lowest BCUT2D eigenvalue weighted by Crippen LogP contribution is -2.35. The summed E-state index contributed by atoms with van der Waals surface area (Å²) in [7, 11) is -3.14. The van der Waals surface area contributed by atoms with Gasteiger partial charge >= 0.3 is 0 Å². The van der Waals surface area contributed by atoms with Crippen molar-refractivity contribution in [3.05, 3.63) is 0 Å². The van der Waals surface area contributed by atoms with Crippen LogP contribution in [0, 0.1) is 0 Å². The normalized spacial score (nSPS) is 25.5. The van der Waals surface area contributed by atoms with Crippen LogP contribution >= 0.6 is 0 Å². The molecule has 1 saturated carbocycles. The van der Waals surface area contributed by atoms with Crippen LogP contribution in [0.3, 0.4) is 0 Å². The topological polar surface area (TPSA) is 52.6 Å². The molecule has 2 fully saturated rings. The number of rotatable bonds is 7. The maximum absolute atomic E-state index is 12.1. The van der Waals surface area contributed by atoms with Crippen molar-refractivity contribution in [2.75, 3.05) is 32.7 Å². The molecule has 0 aromatic heterocycles. The molecule has 17 heavy (non-hydrogen) atoms. The van der Waals surface area contributed by atoms with Crippen molar-refractivity contribution in [2.24, 2.45) is 0 Å². The summed E-state index contributed by atoms with van der Waals surface area (Å²) in [6, 6.07) is 0.710. The second-order valence-electron chi connectivity index (χ2n) is 4.89. The lowest BCUT2D eigenvalue weighted by Gasteiger charge is -2.18. The first-order valence-corrected chi connectivity index (χ1v) is 8.03. The highest BCUT2D eigenvalue weighted by Crippen LogP contribution is 2.19. The lowest BCUT2D eigenvalue weighted by atomic mass is 10.4. The minimum Gasteiger partial charge on any atom is -0.314 e. The van der Waals surface area contributed by atoms with E-state index in [4.69, 9.17) is 0 Å². The molecule has 1 saturated heterocycles. The molecule has 6 heteroatoms. The molecular weight excluding hydrogens is 238 g/mol. The van der Waals surface area contributed by atoms with Crippen LogP contribution in [0.25, 0.3) is 0 Å². The Hall–Kier alpha value is -0.170. The maximum atomic E-state index is 12.1. The lowest BCUT2D eigenvalue weighted by molar-refractivity contribution is 0.431. The Morgan fingerprint density at radius 3 is 2.41 bits per heavy atom. The van der Waals surface area contributed by atoms with Gasteiger partial charge in [0.25, 0.3) is 10.2 Å². The fourth-order valence-electron chi connectivity index (χ4n) is 2.17.